The molecule has 3 heteroatoms. The molecule has 1 saturated carbocycles. The van der Waals surface area contributed by atoms with Gasteiger partial charge < -0.3 is 10.6 Å². The highest BCUT2D eigenvalue weighted by atomic mass is 15.2. The van der Waals surface area contributed by atoms with Gasteiger partial charge in [-0.25, -0.2) is 4.98 Å². The third kappa shape index (κ3) is 2.56. The molecule has 2 fully saturated rings. The number of nitrogens with zero attached hydrogens (tertiary/aromatic N) is 2. The first kappa shape index (κ1) is 13.9. The molecule has 1 aliphatic carbocycles. The Kier molecular flexibility index (Phi) is 3.49. The Morgan fingerprint density at radius 3 is 2.40 bits per heavy atom. The molecule has 2 heterocycles. The minimum absolute atomic E-state index is 0.0789. The summed E-state index contributed by atoms with van der Waals surface area (Å²) in [6.45, 7) is 9.64. The van der Waals surface area contributed by atoms with Crippen molar-refractivity contribution in [2.75, 3.05) is 18.0 Å². The van der Waals surface area contributed by atoms with Crippen molar-refractivity contribution in [3.05, 3.63) is 23.4 Å². The van der Waals surface area contributed by atoms with Crippen LogP contribution in [0.15, 0.2) is 12.1 Å². The van der Waals surface area contributed by atoms with E-state index < -0.39 is 0 Å². The maximum Gasteiger partial charge on any atom is 0.129 e. The summed E-state index contributed by atoms with van der Waals surface area (Å²) in [6, 6.07) is 4.36. The summed E-state index contributed by atoms with van der Waals surface area (Å²) >= 11 is 0. The Hall–Kier alpha value is -1.09. The zero-order valence-electron chi connectivity index (χ0n) is 13.0. The fourth-order valence-electron chi connectivity index (χ4n) is 3.66. The number of nitrogens with two attached hydrogens (primary N) is 1. The lowest BCUT2D eigenvalue weighted by molar-refractivity contribution is 0.494. The maximum absolute atomic E-state index is 5.88. The number of fused-ring (bicyclic) bond motifs is 1. The van der Waals surface area contributed by atoms with E-state index >= 15 is 0 Å². The van der Waals surface area contributed by atoms with Crippen molar-refractivity contribution >= 4 is 5.82 Å². The summed E-state index contributed by atoms with van der Waals surface area (Å²) in [6.07, 6.45) is 4.24. The molecule has 3 nitrogen and oxygen atoms in total. The molecule has 3 rings (SSSR count). The summed E-state index contributed by atoms with van der Waals surface area (Å²) in [5.74, 6) is 2.94. The van der Waals surface area contributed by atoms with Gasteiger partial charge in [0.05, 0.1) is 0 Å². The molecule has 0 spiro atoms. The number of anilines is 1. The Bertz CT molecular complexity index is 477. The highest BCUT2D eigenvalue weighted by Crippen LogP contribution is 2.39. The van der Waals surface area contributed by atoms with Crippen molar-refractivity contribution in [2.45, 2.75) is 52.0 Å². The first-order valence-electron chi connectivity index (χ1n) is 7.94. The summed E-state index contributed by atoms with van der Waals surface area (Å²) in [4.78, 5) is 7.42. The second-order valence-electron chi connectivity index (χ2n) is 7.53. The lowest BCUT2D eigenvalue weighted by Crippen LogP contribution is -2.24. The van der Waals surface area contributed by atoms with Crippen LogP contribution < -0.4 is 10.6 Å². The highest BCUT2D eigenvalue weighted by Gasteiger charge is 2.36. The third-order valence-corrected chi connectivity index (χ3v) is 4.93. The van der Waals surface area contributed by atoms with Crippen LogP contribution in [0.5, 0.6) is 0 Å². The molecule has 1 saturated heterocycles. The van der Waals surface area contributed by atoms with Gasteiger partial charge in [-0.15, -0.1) is 0 Å². The van der Waals surface area contributed by atoms with E-state index in [0.717, 1.165) is 23.3 Å². The number of hydrogen-bond acceptors (Lipinski definition) is 3. The van der Waals surface area contributed by atoms with Gasteiger partial charge in [0.1, 0.15) is 5.82 Å². The Labute approximate surface area is 122 Å². The molecule has 1 aliphatic heterocycles. The van der Waals surface area contributed by atoms with Gasteiger partial charge in [0.25, 0.3) is 0 Å². The fourth-order valence-corrected chi connectivity index (χ4v) is 3.66. The molecule has 0 aromatic carbocycles. The minimum Gasteiger partial charge on any atom is -0.356 e. The van der Waals surface area contributed by atoms with Crippen molar-refractivity contribution in [3.63, 3.8) is 0 Å². The second kappa shape index (κ2) is 5.03. The van der Waals surface area contributed by atoms with Crippen LogP contribution in [0, 0.1) is 11.8 Å². The quantitative estimate of drug-likeness (QED) is 0.900. The van der Waals surface area contributed by atoms with Crippen molar-refractivity contribution in [2.24, 2.45) is 17.6 Å². The van der Waals surface area contributed by atoms with Crippen molar-refractivity contribution in [1.29, 1.82) is 0 Å². The monoisotopic (exact) mass is 273 g/mol. The predicted molar refractivity (Wildman–Crippen MR) is 83.9 cm³/mol. The van der Waals surface area contributed by atoms with Crippen LogP contribution in [-0.2, 0) is 12.0 Å². The molecule has 2 N–H and O–H groups in total. The van der Waals surface area contributed by atoms with Crippen LogP contribution in [0.2, 0.25) is 0 Å². The Morgan fingerprint density at radius 1 is 1.20 bits per heavy atom. The van der Waals surface area contributed by atoms with Crippen LogP contribution in [0.25, 0.3) is 0 Å². The maximum atomic E-state index is 5.88. The number of hydrogen-bond donors (Lipinski definition) is 1. The smallest absolute Gasteiger partial charge is 0.129 e. The van der Waals surface area contributed by atoms with Crippen LogP contribution in [0.4, 0.5) is 5.82 Å². The van der Waals surface area contributed by atoms with Gasteiger partial charge in [-0.05, 0) is 42.4 Å². The topological polar surface area (TPSA) is 42.1 Å². The van der Waals surface area contributed by atoms with Crippen LogP contribution in [-0.4, -0.2) is 18.1 Å². The highest BCUT2D eigenvalue weighted by molar-refractivity contribution is 5.45. The molecule has 1 aromatic rings. The summed E-state index contributed by atoms with van der Waals surface area (Å²) in [7, 11) is 0. The normalized spacial score (nSPS) is 26.1. The lowest BCUT2D eigenvalue weighted by atomic mass is 9.90. The van der Waals surface area contributed by atoms with E-state index in [1.165, 1.54) is 37.9 Å². The molecular formula is C17H27N3. The molecule has 110 valence electrons. The largest absolute Gasteiger partial charge is 0.356 e. The molecular weight excluding hydrogens is 246 g/mol. The van der Waals surface area contributed by atoms with E-state index in [1.54, 1.807) is 0 Å². The second-order valence-corrected chi connectivity index (χ2v) is 7.53. The lowest BCUT2D eigenvalue weighted by Gasteiger charge is -2.24. The average molecular weight is 273 g/mol. The van der Waals surface area contributed by atoms with E-state index in [1.807, 2.05) is 0 Å². The van der Waals surface area contributed by atoms with Gasteiger partial charge in [0.2, 0.25) is 0 Å². The van der Waals surface area contributed by atoms with Crippen LogP contribution >= 0.6 is 0 Å². The van der Waals surface area contributed by atoms with E-state index in [0.29, 0.717) is 6.54 Å². The zero-order chi connectivity index (χ0) is 14.3. The van der Waals surface area contributed by atoms with Gasteiger partial charge in [-0.3, -0.25) is 0 Å². The fraction of sp³-hybridized carbons (Fsp3) is 0.706. The molecule has 2 aliphatic rings. The average Bonchev–Trinajstić information content (AvgIpc) is 2.97. The van der Waals surface area contributed by atoms with E-state index in [4.69, 9.17) is 10.7 Å². The van der Waals surface area contributed by atoms with Gasteiger partial charge in [-0.2, -0.15) is 0 Å². The summed E-state index contributed by atoms with van der Waals surface area (Å²) in [5, 5.41) is 0. The molecule has 1 aromatic heterocycles. The summed E-state index contributed by atoms with van der Waals surface area (Å²) in [5.41, 5.74) is 8.32. The number of rotatable bonds is 2. The van der Waals surface area contributed by atoms with Crippen LogP contribution in [0.1, 0.15) is 51.3 Å². The molecule has 2 unspecified atom stereocenters. The molecule has 2 atom stereocenters. The standard InChI is InChI=1S/C17H27N3/c1-17(2,3)15-7-12(9-18)8-16(19-15)20-10-13-5-4-6-14(13)11-20/h7-8,13-14H,4-6,9-11,18H2,1-3H3. The van der Waals surface area contributed by atoms with E-state index in [-0.39, 0.29) is 5.41 Å². The van der Waals surface area contributed by atoms with Crippen molar-refractivity contribution in [1.82, 2.24) is 4.98 Å². The molecule has 0 amide bonds. The SMILES string of the molecule is CC(C)(C)c1cc(CN)cc(N2CC3CCCC3C2)n1. The third-order valence-electron chi connectivity index (χ3n) is 4.93. The first-order valence-corrected chi connectivity index (χ1v) is 7.94. The molecule has 20 heavy (non-hydrogen) atoms. The van der Waals surface area contributed by atoms with Crippen molar-refractivity contribution in [3.8, 4) is 0 Å². The molecule has 0 bridgehead atoms. The molecule has 0 radical (unpaired) electrons. The van der Waals surface area contributed by atoms with Crippen molar-refractivity contribution < 1.29 is 0 Å². The number of pyridine rings is 1. The minimum atomic E-state index is 0.0789. The van der Waals surface area contributed by atoms with Gasteiger partial charge in [-0.1, -0.05) is 27.2 Å². The Balaban J connectivity index is 1.89. The Morgan fingerprint density at radius 2 is 1.85 bits per heavy atom. The predicted octanol–water partition coefficient (Wildman–Crippen LogP) is 3.07. The first-order chi connectivity index (χ1) is 9.47. The van der Waals surface area contributed by atoms with Crippen LogP contribution in [0.3, 0.4) is 0 Å². The van der Waals surface area contributed by atoms with E-state index in [2.05, 4.69) is 37.8 Å². The summed E-state index contributed by atoms with van der Waals surface area (Å²) < 4.78 is 0. The zero-order valence-corrected chi connectivity index (χ0v) is 13.0. The van der Waals surface area contributed by atoms with Gasteiger partial charge >= 0.3 is 0 Å². The van der Waals surface area contributed by atoms with Gasteiger partial charge in [0.15, 0.2) is 0 Å². The van der Waals surface area contributed by atoms with E-state index in [9.17, 15) is 0 Å². The number of aromatic nitrogens is 1. The van der Waals surface area contributed by atoms with Gasteiger partial charge in [0, 0.05) is 30.7 Å².